The van der Waals surface area contributed by atoms with Gasteiger partial charge in [-0.3, -0.25) is 4.79 Å². The number of methoxy groups -OCH3 is 1. The molecule has 1 amide bonds. The fraction of sp³-hybridized carbons (Fsp3) is 0.812. The molecule has 0 spiro atoms. The Hall–Kier alpha value is -0.870. The van der Waals surface area contributed by atoms with E-state index in [1.54, 1.807) is 12.0 Å². The Kier molecular flexibility index (Phi) is 6.54. The van der Waals surface area contributed by atoms with E-state index in [4.69, 9.17) is 4.74 Å². The van der Waals surface area contributed by atoms with Crippen molar-refractivity contribution in [1.82, 2.24) is 5.32 Å². The molecule has 1 fully saturated rings. The van der Waals surface area contributed by atoms with Crippen molar-refractivity contribution in [3.8, 4) is 0 Å². The maximum Gasteiger partial charge on any atom is 0.223 e. The zero-order chi connectivity index (χ0) is 14.2. The van der Waals surface area contributed by atoms with Gasteiger partial charge in [-0.15, -0.1) is 0 Å². The summed E-state index contributed by atoms with van der Waals surface area (Å²) in [6, 6.07) is 0. The Labute approximate surface area is 122 Å². The lowest BCUT2D eigenvalue weighted by Crippen LogP contribution is -3.13. The highest BCUT2D eigenvalue weighted by Gasteiger charge is 2.28. The SMILES string of the molecule is COCCNC(=O)C1CC[NH+](C[C@H]2CC=CCC2)CC1. The second-order valence-electron chi connectivity index (χ2n) is 6.16. The predicted octanol–water partition coefficient (Wildman–Crippen LogP) is 0.400. The Balaban J connectivity index is 1.64. The fourth-order valence-corrected chi connectivity index (χ4v) is 3.36. The van der Waals surface area contributed by atoms with Gasteiger partial charge < -0.3 is 15.0 Å². The minimum absolute atomic E-state index is 0.224. The number of allylic oxidation sites excluding steroid dienone is 2. The highest BCUT2D eigenvalue weighted by Crippen LogP contribution is 2.17. The summed E-state index contributed by atoms with van der Waals surface area (Å²) in [4.78, 5) is 13.7. The van der Waals surface area contributed by atoms with E-state index in [0.29, 0.717) is 13.2 Å². The molecule has 114 valence electrons. The summed E-state index contributed by atoms with van der Waals surface area (Å²) in [7, 11) is 1.66. The van der Waals surface area contributed by atoms with Gasteiger partial charge in [-0.25, -0.2) is 0 Å². The Morgan fingerprint density at radius 1 is 1.30 bits per heavy atom. The number of hydrogen-bond acceptors (Lipinski definition) is 2. The molecule has 0 saturated carbocycles. The summed E-state index contributed by atoms with van der Waals surface area (Å²) in [5, 5.41) is 2.97. The van der Waals surface area contributed by atoms with E-state index in [1.807, 2.05) is 0 Å². The molecule has 20 heavy (non-hydrogen) atoms. The quantitative estimate of drug-likeness (QED) is 0.547. The topological polar surface area (TPSA) is 42.8 Å². The van der Waals surface area contributed by atoms with Gasteiger partial charge in [0.15, 0.2) is 0 Å². The third-order valence-corrected chi connectivity index (χ3v) is 4.62. The van der Waals surface area contributed by atoms with Crippen molar-refractivity contribution in [2.45, 2.75) is 32.1 Å². The van der Waals surface area contributed by atoms with Crippen molar-refractivity contribution in [3.63, 3.8) is 0 Å². The minimum Gasteiger partial charge on any atom is -0.383 e. The average Bonchev–Trinajstić information content (AvgIpc) is 2.49. The molecule has 0 aromatic heterocycles. The Morgan fingerprint density at radius 2 is 2.10 bits per heavy atom. The molecule has 0 radical (unpaired) electrons. The lowest BCUT2D eigenvalue weighted by molar-refractivity contribution is -0.909. The zero-order valence-electron chi connectivity index (χ0n) is 12.7. The Morgan fingerprint density at radius 3 is 2.75 bits per heavy atom. The van der Waals surface area contributed by atoms with Crippen LogP contribution in [-0.2, 0) is 9.53 Å². The maximum atomic E-state index is 12.0. The molecule has 0 bridgehead atoms. The van der Waals surface area contributed by atoms with Gasteiger partial charge in [0.2, 0.25) is 5.91 Å². The number of piperidine rings is 1. The van der Waals surface area contributed by atoms with Crippen molar-refractivity contribution >= 4 is 5.91 Å². The number of quaternary nitrogens is 1. The Bertz CT molecular complexity index is 322. The third-order valence-electron chi connectivity index (χ3n) is 4.62. The van der Waals surface area contributed by atoms with E-state index < -0.39 is 0 Å². The summed E-state index contributed by atoms with van der Waals surface area (Å²) >= 11 is 0. The molecule has 0 aromatic rings. The van der Waals surface area contributed by atoms with Gasteiger partial charge in [0, 0.05) is 38.3 Å². The molecule has 1 aliphatic carbocycles. The van der Waals surface area contributed by atoms with Crippen LogP contribution in [0.25, 0.3) is 0 Å². The highest BCUT2D eigenvalue weighted by molar-refractivity contribution is 5.78. The molecule has 2 N–H and O–H groups in total. The first-order valence-corrected chi connectivity index (χ1v) is 8.05. The second-order valence-corrected chi connectivity index (χ2v) is 6.16. The van der Waals surface area contributed by atoms with Gasteiger partial charge in [-0.2, -0.15) is 0 Å². The van der Waals surface area contributed by atoms with Crippen LogP contribution in [0, 0.1) is 11.8 Å². The van der Waals surface area contributed by atoms with Crippen molar-refractivity contribution < 1.29 is 14.4 Å². The van der Waals surface area contributed by atoms with E-state index in [-0.39, 0.29) is 11.8 Å². The van der Waals surface area contributed by atoms with E-state index >= 15 is 0 Å². The summed E-state index contributed by atoms with van der Waals surface area (Å²) < 4.78 is 4.96. The number of carbonyl (C=O) groups is 1. The highest BCUT2D eigenvalue weighted by atomic mass is 16.5. The molecule has 2 rings (SSSR count). The van der Waals surface area contributed by atoms with Crippen LogP contribution in [0.2, 0.25) is 0 Å². The second kappa shape index (κ2) is 8.42. The smallest absolute Gasteiger partial charge is 0.223 e. The summed E-state index contributed by atoms with van der Waals surface area (Å²) in [6.07, 6.45) is 10.6. The lowest BCUT2D eigenvalue weighted by atomic mass is 9.91. The molecule has 4 heteroatoms. The predicted molar refractivity (Wildman–Crippen MR) is 79.7 cm³/mol. The third kappa shape index (κ3) is 4.91. The molecule has 1 saturated heterocycles. The van der Waals surface area contributed by atoms with E-state index in [2.05, 4.69) is 17.5 Å². The van der Waals surface area contributed by atoms with Gasteiger partial charge in [-0.1, -0.05) is 12.2 Å². The van der Waals surface area contributed by atoms with Gasteiger partial charge in [0.05, 0.1) is 26.2 Å². The first kappa shape index (κ1) is 15.5. The van der Waals surface area contributed by atoms with Crippen LogP contribution in [-0.4, -0.2) is 45.8 Å². The number of nitrogens with one attached hydrogen (secondary N) is 2. The molecular weight excluding hydrogens is 252 g/mol. The van der Waals surface area contributed by atoms with Crippen LogP contribution in [0.5, 0.6) is 0 Å². The van der Waals surface area contributed by atoms with E-state index in [0.717, 1.165) is 31.8 Å². The largest absolute Gasteiger partial charge is 0.383 e. The average molecular weight is 281 g/mol. The summed E-state index contributed by atoms with van der Waals surface area (Å²) in [6.45, 7) is 4.84. The monoisotopic (exact) mass is 281 g/mol. The number of amides is 1. The number of rotatable bonds is 6. The minimum atomic E-state index is 0.224. The molecule has 2 aliphatic rings. The molecule has 1 heterocycles. The van der Waals surface area contributed by atoms with Gasteiger partial charge in [0.1, 0.15) is 0 Å². The summed E-state index contributed by atoms with van der Waals surface area (Å²) in [5.41, 5.74) is 0. The van der Waals surface area contributed by atoms with Gasteiger partial charge >= 0.3 is 0 Å². The molecule has 1 aliphatic heterocycles. The van der Waals surface area contributed by atoms with Crippen molar-refractivity contribution in [2.75, 3.05) is 39.9 Å². The summed E-state index contributed by atoms with van der Waals surface area (Å²) in [5.74, 6) is 1.31. The molecule has 0 aromatic carbocycles. The van der Waals surface area contributed by atoms with Crippen LogP contribution in [0.4, 0.5) is 0 Å². The maximum absolute atomic E-state index is 12.0. The van der Waals surface area contributed by atoms with Crippen molar-refractivity contribution in [2.24, 2.45) is 11.8 Å². The molecule has 4 nitrogen and oxygen atoms in total. The molecule has 1 atom stereocenters. The van der Waals surface area contributed by atoms with E-state index in [1.165, 1.54) is 25.8 Å². The van der Waals surface area contributed by atoms with Crippen molar-refractivity contribution in [3.05, 3.63) is 12.2 Å². The van der Waals surface area contributed by atoms with Gasteiger partial charge in [-0.05, 0) is 19.3 Å². The molecular formula is C16H29N2O2+. The lowest BCUT2D eigenvalue weighted by Gasteiger charge is -2.31. The van der Waals surface area contributed by atoms with Crippen molar-refractivity contribution in [1.29, 1.82) is 0 Å². The van der Waals surface area contributed by atoms with Gasteiger partial charge in [0.25, 0.3) is 0 Å². The number of ether oxygens (including phenoxy) is 1. The fourth-order valence-electron chi connectivity index (χ4n) is 3.36. The van der Waals surface area contributed by atoms with Crippen LogP contribution >= 0.6 is 0 Å². The van der Waals surface area contributed by atoms with E-state index in [9.17, 15) is 4.79 Å². The van der Waals surface area contributed by atoms with Crippen LogP contribution < -0.4 is 10.2 Å². The number of likely N-dealkylation sites (tertiary alicyclic amines) is 1. The first-order chi connectivity index (χ1) is 9.79. The number of carbonyl (C=O) groups excluding carboxylic acids is 1. The normalized spacial score (nSPS) is 30.1. The molecule has 0 unspecified atom stereocenters. The van der Waals surface area contributed by atoms with Crippen LogP contribution in [0.15, 0.2) is 12.2 Å². The van der Waals surface area contributed by atoms with Crippen LogP contribution in [0.3, 0.4) is 0 Å². The standard InChI is InChI=1S/C16H28N2O2/c1-20-12-9-17-16(19)15-7-10-18(11-8-15)13-14-5-3-2-4-6-14/h2-3,14-15H,4-13H2,1H3,(H,17,19)/p+1/t14-/m0/s1. The number of hydrogen-bond donors (Lipinski definition) is 2. The first-order valence-electron chi connectivity index (χ1n) is 8.05. The zero-order valence-corrected chi connectivity index (χ0v) is 12.7. The van der Waals surface area contributed by atoms with Crippen LogP contribution in [0.1, 0.15) is 32.1 Å².